The Morgan fingerprint density at radius 3 is 2.62 bits per heavy atom. The second-order valence-corrected chi connectivity index (χ2v) is 7.43. The fourth-order valence-corrected chi connectivity index (χ4v) is 3.79. The van der Waals surface area contributed by atoms with Crippen molar-refractivity contribution >= 4 is 39.1 Å². The van der Waals surface area contributed by atoms with Crippen molar-refractivity contribution in [1.82, 2.24) is 14.8 Å². The summed E-state index contributed by atoms with van der Waals surface area (Å²) < 4.78 is 8.16. The van der Waals surface area contributed by atoms with Crippen LogP contribution in [-0.2, 0) is 11.3 Å². The molecule has 3 aromatic rings. The fourth-order valence-electron chi connectivity index (χ4n) is 2.66. The van der Waals surface area contributed by atoms with E-state index in [1.165, 1.54) is 4.57 Å². The van der Waals surface area contributed by atoms with E-state index < -0.39 is 5.97 Å². The maximum atomic E-state index is 12.2. The third kappa shape index (κ3) is 5.55. The molecule has 7 nitrogen and oxygen atoms in total. The van der Waals surface area contributed by atoms with Crippen molar-refractivity contribution in [1.29, 1.82) is 0 Å². The molecular weight excluding hydrogens is 414 g/mol. The SMILES string of the molecule is C.C.CC[C@H](Oc1cc2sc(=O)n(CCC(=O)O)c2cc1Cl)c1ccc(C)nn1. The Hall–Kier alpha value is -2.45. The lowest BCUT2D eigenvalue weighted by atomic mass is 10.2. The van der Waals surface area contributed by atoms with Crippen molar-refractivity contribution in [3.8, 4) is 5.75 Å². The molecule has 2 aromatic heterocycles. The van der Waals surface area contributed by atoms with Gasteiger partial charge in [-0.2, -0.15) is 10.2 Å². The number of rotatable bonds is 7. The molecule has 29 heavy (non-hydrogen) atoms. The fraction of sp³-hybridized carbons (Fsp3) is 0.400. The van der Waals surface area contributed by atoms with Crippen LogP contribution in [0.5, 0.6) is 5.75 Å². The Morgan fingerprint density at radius 1 is 1.31 bits per heavy atom. The van der Waals surface area contributed by atoms with Gasteiger partial charge in [-0.1, -0.05) is 44.7 Å². The number of thiazole rings is 1. The lowest BCUT2D eigenvalue weighted by molar-refractivity contribution is -0.137. The quantitative estimate of drug-likeness (QED) is 0.550. The summed E-state index contributed by atoms with van der Waals surface area (Å²) in [6, 6.07) is 7.09. The highest BCUT2D eigenvalue weighted by Crippen LogP contribution is 2.35. The monoisotopic (exact) mass is 439 g/mol. The minimum absolute atomic E-state index is 0. The van der Waals surface area contributed by atoms with E-state index in [-0.39, 0.29) is 38.8 Å². The van der Waals surface area contributed by atoms with Crippen LogP contribution in [0.15, 0.2) is 29.1 Å². The van der Waals surface area contributed by atoms with Crippen LogP contribution in [0.4, 0.5) is 0 Å². The van der Waals surface area contributed by atoms with Crippen LogP contribution in [0.25, 0.3) is 10.2 Å². The van der Waals surface area contributed by atoms with Gasteiger partial charge in [0.05, 0.1) is 27.4 Å². The largest absolute Gasteiger partial charge is 0.482 e. The van der Waals surface area contributed by atoms with E-state index in [4.69, 9.17) is 21.4 Å². The van der Waals surface area contributed by atoms with E-state index in [2.05, 4.69) is 10.2 Å². The molecule has 0 bridgehead atoms. The Bertz CT molecular complexity index is 1030. The average Bonchev–Trinajstić information content (AvgIpc) is 2.93. The summed E-state index contributed by atoms with van der Waals surface area (Å²) in [6.07, 6.45) is 0.215. The van der Waals surface area contributed by atoms with E-state index in [9.17, 15) is 9.59 Å². The zero-order valence-corrected chi connectivity index (χ0v) is 16.4. The standard InChI is InChI=1S/C18H18ClN3O4S.2CH4/c1-3-14(12-5-4-10(2)20-21-12)26-15-9-16-13(8-11(15)19)22(18(25)27-16)7-6-17(23)24;;/h4-5,8-9,14H,3,6-7H2,1-2H3,(H,23,24);2*1H4/t14-;;/m0../s1. The van der Waals surface area contributed by atoms with Gasteiger partial charge < -0.3 is 9.84 Å². The molecule has 2 heterocycles. The number of carbonyl (C=O) groups is 1. The number of aryl methyl sites for hydroxylation is 2. The molecular formula is C20H26ClN3O4S. The molecule has 0 aliphatic heterocycles. The first-order valence-corrected chi connectivity index (χ1v) is 9.60. The number of fused-ring (bicyclic) bond motifs is 1. The maximum Gasteiger partial charge on any atom is 0.308 e. The number of carboxylic acids is 1. The molecule has 1 atom stereocenters. The molecule has 0 amide bonds. The maximum absolute atomic E-state index is 12.2. The molecule has 3 rings (SSSR count). The minimum Gasteiger partial charge on any atom is -0.482 e. The van der Waals surface area contributed by atoms with Gasteiger partial charge in [0.15, 0.2) is 0 Å². The van der Waals surface area contributed by atoms with Gasteiger partial charge in [-0.25, -0.2) is 0 Å². The van der Waals surface area contributed by atoms with Crippen molar-refractivity contribution in [2.75, 3.05) is 0 Å². The van der Waals surface area contributed by atoms with Gasteiger partial charge in [-0.05, 0) is 31.5 Å². The van der Waals surface area contributed by atoms with Gasteiger partial charge in [0.1, 0.15) is 17.5 Å². The van der Waals surface area contributed by atoms with E-state index >= 15 is 0 Å². The van der Waals surface area contributed by atoms with Crippen LogP contribution in [0.1, 0.15) is 52.1 Å². The molecule has 0 radical (unpaired) electrons. The molecule has 158 valence electrons. The van der Waals surface area contributed by atoms with Crippen molar-refractivity contribution in [3.05, 3.63) is 50.3 Å². The first kappa shape index (κ1) is 24.6. The predicted octanol–water partition coefficient (Wildman–Crippen LogP) is 5.09. The number of aromatic nitrogens is 3. The molecule has 0 spiro atoms. The molecule has 0 fully saturated rings. The molecule has 1 aromatic carbocycles. The second-order valence-electron chi connectivity index (χ2n) is 6.03. The normalized spacial score (nSPS) is 11.4. The first-order chi connectivity index (χ1) is 12.9. The summed E-state index contributed by atoms with van der Waals surface area (Å²) in [5, 5.41) is 17.4. The van der Waals surface area contributed by atoms with Gasteiger partial charge in [-0.15, -0.1) is 0 Å². The van der Waals surface area contributed by atoms with Crippen LogP contribution < -0.4 is 9.61 Å². The second kappa shape index (κ2) is 10.4. The number of aliphatic carboxylic acids is 1. The van der Waals surface area contributed by atoms with Crippen LogP contribution >= 0.6 is 22.9 Å². The van der Waals surface area contributed by atoms with E-state index in [0.717, 1.165) is 17.0 Å². The Kier molecular flexibility index (Phi) is 8.79. The number of nitrogens with zero attached hydrogens (tertiary/aromatic N) is 3. The molecule has 0 saturated heterocycles. The van der Waals surface area contributed by atoms with Crippen LogP contribution in [0.3, 0.4) is 0 Å². The van der Waals surface area contributed by atoms with Gasteiger partial charge in [0, 0.05) is 12.6 Å². The van der Waals surface area contributed by atoms with Crippen molar-refractivity contribution in [2.45, 2.75) is 54.2 Å². The number of carboxylic acid groups (broad SMARTS) is 1. The highest BCUT2D eigenvalue weighted by Gasteiger charge is 2.18. The predicted molar refractivity (Wildman–Crippen MR) is 117 cm³/mol. The van der Waals surface area contributed by atoms with E-state index in [1.54, 1.807) is 12.1 Å². The first-order valence-electron chi connectivity index (χ1n) is 8.40. The molecule has 0 unspecified atom stereocenters. The third-order valence-corrected chi connectivity index (χ3v) is 5.30. The summed E-state index contributed by atoms with van der Waals surface area (Å²) in [5.41, 5.74) is 2.12. The molecule has 0 aliphatic carbocycles. The number of benzene rings is 1. The molecule has 1 N–H and O–H groups in total. The van der Waals surface area contributed by atoms with Gasteiger partial charge in [0.2, 0.25) is 0 Å². The summed E-state index contributed by atoms with van der Waals surface area (Å²) in [4.78, 5) is 22.8. The zero-order chi connectivity index (χ0) is 19.6. The smallest absolute Gasteiger partial charge is 0.308 e. The lowest BCUT2D eigenvalue weighted by Crippen LogP contribution is -2.15. The lowest BCUT2D eigenvalue weighted by Gasteiger charge is -2.18. The summed E-state index contributed by atoms with van der Waals surface area (Å²) in [5.74, 6) is -0.512. The Balaban J connectivity index is 0.00000210. The molecule has 0 saturated carbocycles. The molecule has 9 heteroatoms. The van der Waals surface area contributed by atoms with Crippen LogP contribution in [-0.4, -0.2) is 25.8 Å². The van der Waals surface area contributed by atoms with Crippen molar-refractivity contribution < 1.29 is 14.6 Å². The number of halogens is 1. The third-order valence-electron chi connectivity index (χ3n) is 4.06. The van der Waals surface area contributed by atoms with Crippen molar-refractivity contribution in [3.63, 3.8) is 0 Å². The minimum atomic E-state index is -0.961. The van der Waals surface area contributed by atoms with Gasteiger partial charge in [0.25, 0.3) is 0 Å². The summed E-state index contributed by atoms with van der Waals surface area (Å²) in [6.45, 7) is 3.93. The highest BCUT2D eigenvalue weighted by atomic mass is 35.5. The van der Waals surface area contributed by atoms with Gasteiger partial charge in [-0.3, -0.25) is 14.2 Å². The zero-order valence-electron chi connectivity index (χ0n) is 14.8. The number of ether oxygens (including phenoxy) is 1. The van der Waals surface area contributed by atoms with Crippen molar-refractivity contribution in [2.24, 2.45) is 0 Å². The summed E-state index contributed by atoms with van der Waals surface area (Å²) >= 11 is 7.41. The summed E-state index contributed by atoms with van der Waals surface area (Å²) in [7, 11) is 0. The number of hydrogen-bond donors (Lipinski definition) is 1. The number of hydrogen-bond acceptors (Lipinski definition) is 6. The highest BCUT2D eigenvalue weighted by molar-refractivity contribution is 7.16. The van der Waals surface area contributed by atoms with E-state index in [1.807, 2.05) is 26.0 Å². The van der Waals surface area contributed by atoms with Crippen LogP contribution in [0.2, 0.25) is 5.02 Å². The Labute approximate surface area is 178 Å². The Morgan fingerprint density at radius 2 is 2.03 bits per heavy atom. The van der Waals surface area contributed by atoms with E-state index in [0.29, 0.717) is 33.1 Å². The van der Waals surface area contributed by atoms with Crippen LogP contribution in [0, 0.1) is 6.92 Å². The average molecular weight is 440 g/mol. The molecule has 0 aliphatic rings. The van der Waals surface area contributed by atoms with Gasteiger partial charge >= 0.3 is 10.8 Å². The topological polar surface area (TPSA) is 94.3 Å².